The van der Waals surface area contributed by atoms with Crippen molar-refractivity contribution in [1.29, 1.82) is 0 Å². The molecule has 2 aromatic rings. The molecular formula is C18H19NO5. The molecule has 0 unspecified atom stereocenters. The third-order valence-electron chi connectivity index (χ3n) is 4.00. The third kappa shape index (κ3) is 3.83. The standard InChI is InChI=1S/C18H19NO5/c20-17(19-10-11-23-16(12-19)18(21)22)9-7-14-6-8-15(24-14)13-4-2-1-3-5-13/h1-6,8,16H,7,9-12H2,(H,21,22)/t16-/m1/s1. The molecule has 1 aromatic heterocycles. The highest BCUT2D eigenvalue weighted by Gasteiger charge is 2.28. The monoisotopic (exact) mass is 329 g/mol. The summed E-state index contributed by atoms with van der Waals surface area (Å²) in [5.74, 6) is 0.397. The second kappa shape index (κ2) is 7.31. The lowest BCUT2D eigenvalue weighted by atomic mass is 10.2. The summed E-state index contributed by atoms with van der Waals surface area (Å²) in [5.41, 5.74) is 0.993. The Balaban J connectivity index is 1.55. The van der Waals surface area contributed by atoms with Gasteiger partial charge in [-0.3, -0.25) is 4.79 Å². The van der Waals surface area contributed by atoms with Crippen LogP contribution in [0.2, 0.25) is 0 Å². The quantitative estimate of drug-likeness (QED) is 0.909. The average Bonchev–Trinajstić information content (AvgIpc) is 3.09. The molecule has 6 nitrogen and oxygen atoms in total. The molecule has 1 aromatic carbocycles. The van der Waals surface area contributed by atoms with Gasteiger partial charge in [-0.15, -0.1) is 0 Å². The third-order valence-corrected chi connectivity index (χ3v) is 4.00. The molecule has 6 heteroatoms. The number of aryl methyl sites for hydroxylation is 1. The fourth-order valence-electron chi connectivity index (χ4n) is 2.68. The number of hydrogen-bond donors (Lipinski definition) is 1. The van der Waals surface area contributed by atoms with Crippen LogP contribution in [0.1, 0.15) is 12.2 Å². The Morgan fingerprint density at radius 1 is 1.17 bits per heavy atom. The van der Waals surface area contributed by atoms with E-state index in [1.54, 1.807) is 4.90 Å². The maximum atomic E-state index is 12.3. The molecule has 0 saturated carbocycles. The number of hydrogen-bond acceptors (Lipinski definition) is 4. The minimum Gasteiger partial charge on any atom is -0.479 e. The molecule has 1 N–H and O–H groups in total. The van der Waals surface area contributed by atoms with Crippen LogP contribution in [0.3, 0.4) is 0 Å². The summed E-state index contributed by atoms with van der Waals surface area (Å²) >= 11 is 0. The molecule has 0 aliphatic carbocycles. The molecule has 1 aliphatic rings. The summed E-state index contributed by atoms with van der Waals surface area (Å²) in [6.07, 6.45) is -0.162. The summed E-state index contributed by atoms with van der Waals surface area (Å²) in [6.45, 7) is 0.777. The van der Waals surface area contributed by atoms with E-state index >= 15 is 0 Å². The predicted octanol–water partition coefficient (Wildman–Crippen LogP) is 2.19. The second-order valence-electron chi connectivity index (χ2n) is 5.67. The fraction of sp³-hybridized carbons (Fsp3) is 0.333. The van der Waals surface area contributed by atoms with Crippen LogP contribution < -0.4 is 0 Å². The van der Waals surface area contributed by atoms with Crippen LogP contribution in [0.15, 0.2) is 46.9 Å². The van der Waals surface area contributed by atoms with Gasteiger partial charge in [0.1, 0.15) is 11.5 Å². The van der Waals surface area contributed by atoms with Gasteiger partial charge in [-0.1, -0.05) is 30.3 Å². The van der Waals surface area contributed by atoms with E-state index in [1.165, 1.54) is 0 Å². The number of amides is 1. The van der Waals surface area contributed by atoms with Gasteiger partial charge in [0.2, 0.25) is 5.91 Å². The van der Waals surface area contributed by atoms with Gasteiger partial charge in [-0.05, 0) is 12.1 Å². The van der Waals surface area contributed by atoms with Gasteiger partial charge in [0.25, 0.3) is 0 Å². The van der Waals surface area contributed by atoms with Gasteiger partial charge in [0, 0.05) is 24.9 Å². The molecule has 0 radical (unpaired) electrons. The zero-order chi connectivity index (χ0) is 16.9. The first-order chi connectivity index (χ1) is 11.6. The van der Waals surface area contributed by atoms with Crippen LogP contribution in [0.4, 0.5) is 0 Å². The van der Waals surface area contributed by atoms with Crippen molar-refractivity contribution in [2.75, 3.05) is 19.7 Å². The number of carboxylic acid groups (broad SMARTS) is 1. The molecule has 1 amide bonds. The van der Waals surface area contributed by atoms with Crippen LogP contribution in [-0.4, -0.2) is 47.7 Å². The average molecular weight is 329 g/mol. The Hall–Kier alpha value is -2.60. The first-order valence-electron chi connectivity index (χ1n) is 7.90. The van der Waals surface area contributed by atoms with E-state index in [0.717, 1.165) is 17.1 Å². The number of benzene rings is 1. The Morgan fingerprint density at radius 3 is 2.71 bits per heavy atom. The Morgan fingerprint density at radius 2 is 1.96 bits per heavy atom. The van der Waals surface area contributed by atoms with E-state index < -0.39 is 12.1 Å². The normalized spacial score (nSPS) is 17.7. The van der Waals surface area contributed by atoms with E-state index in [0.29, 0.717) is 13.0 Å². The smallest absolute Gasteiger partial charge is 0.334 e. The highest BCUT2D eigenvalue weighted by Crippen LogP contribution is 2.22. The molecule has 1 fully saturated rings. The van der Waals surface area contributed by atoms with Crippen molar-refractivity contribution < 1.29 is 23.8 Å². The van der Waals surface area contributed by atoms with Crippen molar-refractivity contribution in [1.82, 2.24) is 4.90 Å². The van der Waals surface area contributed by atoms with E-state index in [1.807, 2.05) is 42.5 Å². The summed E-state index contributed by atoms with van der Waals surface area (Å²) in [6, 6.07) is 13.5. The maximum Gasteiger partial charge on any atom is 0.334 e. The molecule has 126 valence electrons. The SMILES string of the molecule is O=C(O)[C@H]1CN(C(=O)CCc2ccc(-c3ccccc3)o2)CCO1. The van der Waals surface area contributed by atoms with Crippen molar-refractivity contribution in [3.63, 3.8) is 0 Å². The van der Waals surface area contributed by atoms with Crippen molar-refractivity contribution in [3.8, 4) is 11.3 Å². The predicted molar refractivity (Wildman–Crippen MR) is 86.4 cm³/mol. The molecule has 1 aliphatic heterocycles. The summed E-state index contributed by atoms with van der Waals surface area (Å²) < 4.78 is 10.9. The largest absolute Gasteiger partial charge is 0.479 e. The minimum absolute atomic E-state index is 0.0813. The lowest BCUT2D eigenvalue weighted by Crippen LogP contribution is -2.48. The number of aliphatic carboxylic acids is 1. The zero-order valence-corrected chi connectivity index (χ0v) is 13.2. The Bertz CT molecular complexity index is 709. The summed E-state index contributed by atoms with van der Waals surface area (Å²) in [4.78, 5) is 24.8. The van der Waals surface area contributed by atoms with Crippen molar-refractivity contribution >= 4 is 11.9 Å². The molecule has 2 heterocycles. The number of carboxylic acids is 1. The van der Waals surface area contributed by atoms with Gasteiger partial charge in [0.05, 0.1) is 13.2 Å². The number of nitrogens with zero attached hydrogens (tertiary/aromatic N) is 1. The van der Waals surface area contributed by atoms with Crippen LogP contribution >= 0.6 is 0 Å². The van der Waals surface area contributed by atoms with Gasteiger partial charge < -0.3 is 19.2 Å². The Labute approximate surface area is 139 Å². The molecule has 0 spiro atoms. The van der Waals surface area contributed by atoms with E-state index in [9.17, 15) is 9.59 Å². The number of ether oxygens (including phenoxy) is 1. The Kier molecular flexibility index (Phi) is 4.96. The van der Waals surface area contributed by atoms with E-state index in [2.05, 4.69) is 0 Å². The number of rotatable bonds is 5. The number of carbonyl (C=O) groups excluding carboxylic acids is 1. The van der Waals surface area contributed by atoms with Crippen molar-refractivity contribution in [2.45, 2.75) is 18.9 Å². The molecule has 0 bridgehead atoms. The van der Waals surface area contributed by atoms with Crippen molar-refractivity contribution in [3.05, 3.63) is 48.2 Å². The van der Waals surface area contributed by atoms with Gasteiger partial charge in [0.15, 0.2) is 6.10 Å². The molecular weight excluding hydrogens is 310 g/mol. The zero-order valence-electron chi connectivity index (χ0n) is 13.2. The molecule has 24 heavy (non-hydrogen) atoms. The summed E-state index contributed by atoms with van der Waals surface area (Å²) in [5, 5.41) is 8.98. The molecule has 1 atom stereocenters. The van der Waals surface area contributed by atoms with Crippen molar-refractivity contribution in [2.24, 2.45) is 0 Å². The fourth-order valence-corrected chi connectivity index (χ4v) is 2.68. The lowest BCUT2D eigenvalue weighted by Gasteiger charge is -2.30. The first-order valence-corrected chi connectivity index (χ1v) is 7.90. The van der Waals surface area contributed by atoms with E-state index in [-0.39, 0.29) is 25.5 Å². The summed E-state index contributed by atoms with van der Waals surface area (Å²) in [7, 11) is 0. The van der Waals surface area contributed by atoms with Gasteiger partial charge >= 0.3 is 5.97 Å². The number of furan rings is 1. The number of carbonyl (C=O) groups is 2. The van der Waals surface area contributed by atoms with E-state index in [4.69, 9.17) is 14.3 Å². The van der Waals surface area contributed by atoms with Crippen LogP contribution in [0.25, 0.3) is 11.3 Å². The van der Waals surface area contributed by atoms with Gasteiger partial charge in [-0.2, -0.15) is 0 Å². The highest BCUT2D eigenvalue weighted by molar-refractivity contribution is 5.78. The number of morpholine rings is 1. The van der Waals surface area contributed by atoms with Crippen LogP contribution in [0.5, 0.6) is 0 Å². The highest BCUT2D eigenvalue weighted by atomic mass is 16.5. The molecule has 1 saturated heterocycles. The maximum absolute atomic E-state index is 12.3. The minimum atomic E-state index is -1.04. The lowest BCUT2D eigenvalue weighted by molar-refractivity contribution is -0.159. The first kappa shape index (κ1) is 16.3. The van der Waals surface area contributed by atoms with Crippen LogP contribution in [-0.2, 0) is 20.7 Å². The second-order valence-corrected chi connectivity index (χ2v) is 5.67. The topological polar surface area (TPSA) is 80.0 Å². The molecule has 3 rings (SSSR count). The van der Waals surface area contributed by atoms with Crippen LogP contribution in [0, 0.1) is 0 Å². The van der Waals surface area contributed by atoms with Gasteiger partial charge in [-0.25, -0.2) is 4.79 Å².